The normalized spacial score (nSPS) is 14.6. The van der Waals surface area contributed by atoms with E-state index in [9.17, 15) is 4.79 Å². The van der Waals surface area contributed by atoms with E-state index in [4.69, 9.17) is 18.7 Å². The zero-order valence-electron chi connectivity index (χ0n) is 23.9. The van der Waals surface area contributed by atoms with Crippen LogP contribution in [0.1, 0.15) is 49.4 Å². The number of carbonyl (C=O) groups excluding carboxylic acids is 1. The number of nitrogens with zero attached hydrogens (tertiary/aromatic N) is 2. The van der Waals surface area contributed by atoms with Gasteiger partial charge in [-0.25, -0.2) is 0 Å². The van der Waals surface area contributed by atoms with E-state index < -0.39 is 0 Å². The van der Waals surface area contributed by atoms with E-state index in [2.05, 4.69) is 77.8 Å². The van der Waals surface area contributed by atoms with Crippen LogP contribution in [0.4, 0.5) is 5.69 Å². The minimum absolute atomic E-state index is 0.0499. The van der Waals surface area contributed by atoms with Gasteiger partial charge in [0.15, 0.2) is 17.3 Å². The monoisotopic (exact) mass is 552 g/mol. The highest BCUT2D eigenvalue weighted by Gasteiger charge is 2.46. The first-order valence-corrected chi connectivity index (χ1v) is 14.4. The molecule has 0 saturated heterocycles. The Kier molecular flexibility index (Phi) is 7.43. The Bertz CT molecular complexity index is 1520. The number of esters is 1. The van der Waals surface area contributed by atoms with E-state index in [1.54, 1.807) is 0 Å². The smallest absolute Gasteiger partial charge is 0.306 e. The molecule has 7 heteroatoms. The molecule has 41 heavy (non-hydrogen) atoms. The lowest BCUT2D eigenvalue weighted by Crippen LogP contribution is -2.20. The summed E-state index contributed by atoms with van der Waals surface area (Å²) in [6, 6.07) is 23.2. The number of ether oxygens (including phenoxy) is 3. The molecule has 4 aromatic rings. The van der Waals surface area contributed by atoms with Crippen LogP contribution in [0.2, 0.25) is 0 Å². The van der Waals surface area contributed by atoms with Gasteiger partial charge >= 0.3 is 5.97 Å². The molecule has 2 aliphatic rings. The fourth-order valence-corrected chi connectivity index (χ4v) is 5.77. The second kappa shape index (κ2) is 11.3. The molecule has 0 spiro atoms. The van der Waals surface area contributed by atoms with Gasteiger partial charge in [-0.05, 0) is 73.9 Å². The first kappa shape index (κ1) is 26.9. The van der Waals surface area contributed by atoms with Crippen LogP contribution in [0.5, 0.6) is 11.5 Å². The van der Waals surface area contributed by atoms with Crippen molar-refractivity contribution in [2.75, 3.05) is 31.9 Å². The van der Waals surface area contributed by atoms with Crippen LogP contribution in [0.3, 0.4) is 0 Å². The van der Waals surface area contributed by atoms with Crippen molar-refractivity contribution in [3.63, 3.8) is 0 Å². The summed E-state index contributed by atoms with van der Waals surface area (Å²) < 4.78 is 21.9. The molecule has 212 valence electrons. The van der Waals surface area contributed by atoms with Crippen molar-refractivity contribution >= 4 is 11.7 Å². The minimum Gasteiger partial charge on any atom is -0.466 e. The lowest BCUT2D eigenvalue weighted by molar-refractivity contribution is -0.143. The van der Waals surface area contributed by atoms with Crippen LogP contribution in [0.25, 0.3) is 22.5 Å². The van der Waals surface area contributed by atoms with Crippen LogP contribution < -0.4 is 14.4 Å². The standard InChI is InChI=1S/C34H36N2O5/c1-4-38-31(37)21-34(17-18-34)28-14-12-26(13-15-28)25-8-10-27(11-9-25)33-32(23(2)35-41-33)36(3)19-5-6-24-7-16-29-30(20-24)40-22-39-29/h7-16,20H,4-6,17-19,21-22H2,1-3H3. The quantitative estimate of drug-likeness (QED) is 0.184. The van der Waals surface area contributed by atoms with E-state index in [1.807, 2.05) is 19.9 Å². The summed E-state index contributed by atoms with van der Waals surface area (Å²) in [5, 5.41) is 4.29. The van der Waals surface area contributed by atoms with Gasteiger partial charge in [0.2, 0.25) is 6.79 Å². The van der Waals surface area contributed by atoms with E-state index in [-0.39, 0.29) is 11.4 Å². The minimum atomic E-state index is -0.109. The average Bonchev–Trinajstić information content (AvgIpc) is 3.42. The number of anilines is 1. The van der Waals surface area contributed by atoms with Crippen molar-refractivity contribution in [3.8, 4) is 33.9 Å². The number of aromatic nitrogens is 1. The molecular weight excluding hydrogens is 516 g/mol. The Labute approximate surface area is 241 Å². The third kappa shape index (κ3) is 5.67. The molecule has 0 bridgehead atoms. The number of rotatable bonds is 11. The molecule has 2 heterocycles. The Hall–Kier alpha value is -4.26. The van der Waals surface area contributed by atoms with Crippen molar-refractivity contribution in [2.24, 2.45) is 0 Å². The Morgan fingerprint density at radius 3 is 2.34 bits per heavy atom. The SMILES string of the molecule is CCOC(=O)CC1(c2ccc(-c3ccc(-c4onc(C)c4N(C)CCCc4ccc5c(c4)OCO5)cc3)cc2)CC1. The van der Waals surface area contributed by atoms with E-state index in [0.717, 1.165) is 77.6 Å². The van der Waals surface area contributed by atoms with Gasteiger partial charge in [0.05, 0.1) is 13.0 Å². The first-order chi connectivity index (χ1) is 20.0. The summed E-state index contributed by atoms with van der Waals surface area (Å²) in [5.41, 5.74) is 7.56. The van der Waals surface area contributed by atoms with Gasteiger partial charge in [-0.3, -0.25) is 4.79 Å². The molecular formula is C34H36N2O5. The van der Waals surface area contributed by atoms with Gasteiger partial charge in [0, 0.05) is 24.6 Å². The van der Waals surface area contributed by atoms with Gasteiger partial charge in [-0.2, -0.15) is 0 Å². The van der Waals surface area contributed by atoms with Gasteiger partial charge < -0.3 is 23.6 Å². The highest BCUT2D eigenvalue weighted by atomic mass is 16.7. The summed E-state index contributed by atoms with van der Waals surface area (Å²) in [6.07, 6.45) is 4.45. The van der Waals surface area contributed by atoms with Crippen LogP contribution in [-0.2, 0) is 21.4 Å². The second-order valence-electron chi connectivity index (χ2n) is 11.1. The lowest BCUT2D eigenvalue weighted by Gasteiger charge is -2.19. The topological polar surface area (TPSA) is 74.0 Å². The molecule has 1 fully saturated rings. The highest BCUT2D eigenvalue weighted by Crippen LogP contribution is 2.51. The molecule has 0 atom stereocenters. The zero-order valence-corrected chi connectivity index (χ0v) is 23.9. The number of hydrogen-bond acceptors (Lipinski definition) is 7. The summed E-state index contributed by atoms with van der Waals surface area (Å²) in [6.45, 7) is 5.43. The molecule has 6 rings (SSSR count). The van der Waals surface area contributed by atoms with Gasteiger partial charge in [-0.15, -0.1) is 0 Å². The van der Waals surface area contributed by atoms with Crippen LogP contribution in [0.15, 0.2) is 71.3 Å². The molecule has 3 aromatic carbocycles. The zero-order chi connectivity index (χ0) is 28.4. The van der Waals surface area contributed by atoms with E-state index in [0.29, 0.717) is 19.8 Å². The molecule has 0 N–H and O–H groups in total. The number of aryl methyl sites for hydroxylation is 2. The number of carbonyl (C=O) groups is 1. The summed E-state index contributed by atoms with van der Waals surface area (Å²) in [7, 11) is 2.09. The Balaban J connectivity index is 1.11. The maximum atomic E-state index is 12.1. The lowest BCUT2D eigenvalue weighted by atomic mass is 9.91. The predicted molar refractivity (Wildman–Crippen MR) is 158 cm³/mol. The third-order valence-electron chi connectivity index (χ3n) is 8.23. The van der Waals surface area contributed by atoms with Crippen LogP contribution >= 0.6 is 0 Å². The maximum absolute atomic E-state index is 12.1. The van der Waals surface area contributed by atoms with Crippen LogP contribution in [0, 0.1) is 6.92 Å². The molecule has 1 aromatic heterocycles. The largest absolute Gasteiger partial charge is 0.466 e. The van der Waals surface area contributed by atoms with Crippen molar-refractivity contribution in [1.29, 1.82) is 0 Å². The number of benzene rings is 3. The molecule has 0 radical (unpaired) electrons. The van der Waals surface area contributed by atoms with Gasteiger partial charge in [-0.1, -0.05) is 59.8 Å². The maximum Gasteiger partial charge on any atom is 0.306 e. The summed E-state index contributed by atoms with van der Waals surface area (Å²) >= 11 is 0. The second-order valence-corrected chi connectivity index (χ2v) is 11.1. The van der Waals surface area contributed by atoms with Crippen molar-refractivity contribution < 1.29 is 23.5 Å². The van der Waals surface area contributed by atoms with Crippen LogP contribution in [-0.4, -0.2) is 38.1 Å². The highest BCUT2D eigenvalue weighted by molar-refractivity contribution is 5.77. The van der Waals surface area contributed by atoms with E-state index in [1.165, 1.54) is 11.1 Å². The fourth-order valence-electron chi connectivity index (χ4n) is 5.77. The van der Waals surface area contributed by atoms with E-state index >= 15 is 0 Å². The third-order valence-corrected chi connectivity index (χ3v) is 8.23. The van der Waals surface area contributed by atoms with Crippen molar-refractivity contribution in [2.45, 2.75) is 51.4 Å². The van der Waals surface area contributed by atoms with Crippen molar-refractivity contribution in [1.82, 2.24) is 5.16 Å². The fraction of sp³-hybridized carbons (Fsp3) is 0.353. The molecule has 1 aliphatic carbocycles. The predicted octanol–water partition coefficient (Wildman–Crippen LogP) is 7.10. The molecule has 1 saturated carbocycles. The molecule has 1 aliphatic heterocycles. The number of hydrogen-bond donors (Lipinski definition) is 0. The molecule has 0 unspecified atom stereocenters. The van der Waals surface area contributed by atoms with Gasteiger partial charge in [0.25, 0.3) is 0 Å². The Morgan fingerprint density at radius 2 is 1.63 bits per heavy atom. The van der Waals surface area contributed by atoms with Gasteiger partial charge in [0.1, 0.15) is 11.4 Å². The summed E-state index contributed by atoms with van der Waals surface area (Å²) in [5.74, 6) is 2.32. The first-order valence-electron chi connectivity index (χ1n) is 14.4. The molecule has 0 amide bonds. The summed E-state index contributed by atoms with van der Waals surface area (Å²) in [4.78, 5) is 14.3. The average molecular weight is 553 g/mol. The van der Waals surface area contributed by atoms with Crippen molar-refractivity contribution in [3.05, 3.63) is 83.6 Å². The Morgan fingerprint density at radius 1 is 0.951 bits per heavy atom. The number of fused-ring (bicyclic) bond motifs is 1. The molecule has 7 nitrogen and oxygen atoms in total.